The summed E-state index contributed by atoms with van der Waals surface area (Å²) in [5.74, 6) is 0. The van der Waals surface area contributed by atoms with Crippen LogP contribution in [0.4, 0.5) is 9.59 Å². The van der Waals surface area contributed by atoms with Crippen LogP contribution in [0.1, 0.15) is 6.42 Å². The van der Waals surface area contributed by atoms with Crippen LogP contribution < -0.4 is 10.6 Å². The first-order valence-corrected chi connectivity index (χ1v) is 6.09. The van der Waals surface area contributed by atoms with Crippen LogP contribution in [0, 0.1) is 0 Å². The van der Waals surface area contributed by atoms with Gasteiger partial charge in [0, 0.05) is 19.5 Å². The monoisotopic (exact) mass is 300 g/mol. The van der Waals surface area contributed by atoms with Gasteiger partial charge >= 0.3 is 12.2 Å². The van der Waals surface area contributed by atoms with Crippen LogP contribution in [0.3, 0.4) is 0 Å². The van der Waals surface area contributed by atoms with Crippen LogP contribution in [0.2, 0.25) is 0 Å². The van der Waals surface area contributed by atoms with E-state index in [1.165, 1.54) is 12.2 Å². The lowest BCUT2D eigenvalue weighted by Crippen LogP contribution is -2.28. The van der Waals surface area contributed by atoms with E-state index < -0.39 is 12.2 Å². The SMILES string of the molecule is O=C=NCCNC(=O)OCCCOC(=O)NCCN=C=O. The normalized spacial score (nSPS) is 8.76. The van der Waals surface area contributed by atoms with E-state index in [1.807, 2.05) is 0 Å². The average molecular weight is 300 g/mol. The summed E-state index contributed by atoms with van der Waals surface area (Å²) >= 11 is 0. The molecule has 0 rings (SSSR count). The van der Waals surface area contributed by atoms with Gasteiger partial charge in [0.1, 0.15) is 0 Å². The molecule has 2 amide bonds. The van der Waals surface area contributed by atoms with Gasteiger partial charge in [0.25, 0.3) is 0 Å². The number of nitrogens with one attached hydrogen (secondary N) is 2. The summed E-state index contributed by atoms with van der Waals surface area (Å²) in [7, 11) is 0. The molecular formula is C11H16N4O6. The van der Waals surface area contributed by atoms with E-state index in [4.69, 9.17) is 9.47 Å². The molecule has 0 atom stereocenters. The molecule has 0 aromatic rings. The van der Waals surface area contributed by atoms with E-state index in [0.29, 0.717) is 6.42 Å². The summed E-state index contributed by atoms with van der Waals surface area (Å²) in [6, 6.07) is 0. The van der Waals surface area contributed by atoms with Crippen LogP contribution in [0.25, 0.3) is 0 Å². The second kappa shape index (κ2) is 13.7. The molecule has 0 radical (unpaired) electrons. The zero-order valence-electron chi connectivity index (χ0n) is 11.3. The number of ether oxygens (including phenoxy) is 2. The van der Waals surface area contributed by atoms with Crippen molar-refractivity contribution >= 4 is 24.3 Å². The molecule has 0 saturated heterocycles. The van der Waals surface area contributed by atoms with Crippen LogP contribution in [-0.4, -0.2) is 63.7 Å². The van der Waals surface area contributed by atoms with Gasteiger partial charge in [-0.2, -0.15) is 0 Å². The Hall–Kier alpha value is -2.70. The lowest BCUT2D eigenvalue weighted by Gasteiger charge is -2.07. The van der Waals surface area contributed by atoms with E-state index in [9.17, 15) is 19.2 Å². The van der Waals surface area contributed by atoms with Crippen molar-refractivity contribution in [3.63, 3.8) is 0 Å². The first-order valence-electron chi connectivity index (χ1n) is 6.09. The zero-order chi connectivity index (χ0) is 15.8. The Morgan fingerprint density at radius 3 is 1.67 bits per heavy atom. The molecule has 0 aliphatic carbocycles. The third kappa shape index (κ3) is 13.5. The van der Waals surface area contributed by atoms with E-state index in [2.05, 4.69) is 20.6 Å². The Balaban J connectivity index is 3.41. The number of carbonyl (C=O) groups is 2. The van der Waals surface area contributed by atoms with Crippen molar-refractivity contribution in [1.82, 2.24) is 10.6 Å². The molecule has 0 heterocycles. The standard InChI is InChI=1S/C11H16N4O6/c16-8-12-2-4-14-10(18)20-6-1-7-21-11(19)15-5-3-13-9-17/h1-7H2,(H,14,18)(H,15,19). The predicted molar refractivity (Wildman–Crippen MR) is 69.3 cm³/mol. The van der Waals surface area contributed by atoms with E-state index >= 15 is 0 Å². The van der Waals surface area contributed by atoms with Crippen LogP contribution >= 0.6 is 0 Å². The molecule has 0 aliphatic heterocycles. The lowest BCUT2D eigenvalue weighted by molar-refractivity contribution is 0.119. The summed E-state index contributed by atoms with van der Waals surface area (Å²) in [6.45, 7) is 0.773. The number of isocyanates is 2. The molecule has 0 saturated carbocycles. The highest BCUT2D eigenvalue weighted by Gasteiger charge is 2.02. The molecule has 0 aromatic heterocycles. The predicted octanol–water partition coefficient (Wildman–Crippen LogP) is -0.499. The van der Waals surface area contributed by atoms with E-state index in [0.717, 1.165) is 0 Å². The van der Waals surface area contributed by atoms with Gasteiger partial charge < -0.3 is 20.1 Å². The fraction of sp³-hybridized carbons (Fsp3) is 0.636. The molecule has 0 aromatic carbocycles. The summed E-state index contributed by atoms with van der Waals surface area (Å²) in [4.78, 5) is 48.1. The van der Waals surface area contributed by atoms with Crippen molar-refractivity contribution in [1.29, 1.82) is 0 Å². The number of carbonyl (C=O) groups excluding carboxylic acids is 4. The summed E-state index contributed by atoms with van der Waals surface area (Å²) in [5, 5.41) is 4.72. The molecule has 21 heavy (non-hydrogen) atoms. The molecule has 10 heteroatoms. The van der Waals surface area contributed by atoms with Crippen molar-refractivity contribution < 1.29 is 28.7 Å². The lowest BCUT2D eigenvalue weighted by atomic mass is 10.5. The second-order valence-corrected chi connectivity index (χ2v) is 3.42. The van der Waals surface area contributed by atoms with Crippen LogP contribution in [-0.2, 0) is 19.1 Å². The number of rotatable bonds is 10. The maximum atomic E-state index is 11.1. The summed E-state index contributed by atoms with van der Waals surface area (Å²) in [6.07, 6.45) is 1.72. The molecule has 0 bridgehead atoms. The van der Waals surface area contributed by atoms with Crippen molar-refractivity contribution in [3.05, 3.63) is 0 Å². The molecular weight excluding hydrogens is 284 g/mol. The van der Waals surface area contributed by atoms with Gasteiger partial charge in [-0.1, -0.05) is 0 Å². The van der Waals surface area contributed by atoms with Crippen molar-refractivity contribution in [2.24, 2.45) is 9.98 Å². The summed E-state index contributed by atoms with van der Waals surface area (Å²) < 4.78 is 9.51. The first kappa shape index (κ1) is 18.3. The molecule has 0 fully saturated rings. The highest BCUT2D eigenvalue weighted by atomic mass is 16.6. The van der Waals surface area contributed by atoms with Crippen LogP contribution in [0.15, 0.2) is 9.98 Å². The molecule has 0 spiro atoms. The Labute approximate surface area is 120 Å². The molecule has 2 N–H and O–H groups in total. The van der Waals surface area contributed by atoms with E-state index in [-0.39, 0.29) is 39.4 Å². The second-order valence-electron chi connectivity index (χ2n) is 3.42. The van der Waals surface area contributed by atoms with Crippen LogP contribution in [0.5, 0.6) is 0 Å². The fourth-order valence-corrected chi connectivity index (χ4v) is 1.01. The minimum atomic E-state index is -0.646. The first-order chi connectivity index (χ1) is 10.2. The molecule has 0 aliphatic rings. The van der Waals surface area contributed by atoms with Crippen molar-refractivity contribution in [3.8, 4) is 0 Å². The third-order valence-electron chi connectivity index (χ3n) is 1.87. The Kier molecular flexibility index (Phi) is 12.0. The van der Waals surface area contributed by atoms with Gasteiger partial charge in [-0.3, -0.25) is 0 Å². The number of hydrogen-bond donors (Lipinski definition) is 2. The number of alkyl carbamates (subject to hydrolysis) is 2. The summed E-state index contributed by atoms with van der Waals surface area (Å²) in [5.41, 5.74) is 0. The van der Waals surface area contributed by atoms with Gasteiger partial charge in [-0.15, -0.1) is 0 Å². The maximum Gasteiger partial charge on any atom is 0.407 e. The Morgan fingerprint density at radius 2 is 1.29 bits per heavy atom. The molecule has 0 unspecified atom stereocenters. The quantitative estimate of drug-likeness (QED) is 0.317. The number of amides is 2. The Morgan fingerprint density at radius 1 is 0.857 bits per heavy atom. The Bertz CT molecular complexity index is 377. The van der Waals surface area contributed by atoms with Gasteiger partial charge in [-0.25, -0.2) is 29.2 Å². The maximum absolute atomic E-state index is 11.1. The van der Waals surface area contributed by atoms with E-state index in [1.54, 1.807) is 0 Å². The largest absolute Gasteiger partial charge is 0.449 e. The zero-order valence-corrected chi connectivity index (χ0v) is 11.3. The number of hydrogen-bond acceptors (Lipinski definition) is 8. The average Bonchev–Trinajstić information content (AvgIpc) is 2.48. The topological polar surface area (TPSA) is 136 Å². The van der Waals surface area contributed by atoms with Gasteiger partial charge in [0.05, 0.1) is 26.3 Å². The van der Waals surface area contributed by atoms with Crippen molar-refractivity contribution in [2.45, 2.75) is 6.42 Å². The minimum absolute atomic E-state index is 0.0749. The third-order valence-corrected chi connectivity index (χ3v) is 1.87. The van der Waals surface area contributed by atoms with Gasteiger partial charge in [0.2, 0.25) is 12.2 Å². The van der Waals surface area contributed by atoms with Gasteiger partial charge in [-0.05, 0) is 0 Å². The fourth-order valence-electron chi connectivity index (χ4n) is 1.01. The highest BCUT2D eigenvalue weighted by Crippen LogP contribution is 1.87. The van der Waals surface area contributed by atoms with Gasteiger partial charge in [0.15, 0.2) is 0 Å². The number of aliphatic imine (C=N–C) groups is 2. The highest BCUT2D eigenvalue weighted by molar-refractivity contribution is 5.67. The minimum Gasteiger partial charge on any atom is -0.449 e. The molecule has 10 nitrogen and oxygen atoms in total. The number of nitrogens with zero attached hydrogens (tertiary/aromatic N) is 2. The smallest absolute Gasteiger partial charge is 0.407 e. The van der Waals surface area contributed by atoms with Crippen molar-refractivity contribution in [2.75, 3.05) is 39.4 Å². The molecule has 116 valence electrons.